The molecule has 26 heteroatoms. The van der Waals surface area contributed by atoms with Crippen molar-refractivity contribution in [2.75, 3.05) is 26.4 Å². The fourth-order valence-electron chi connectivity index (χ4n) is 9.91. The molecule has 2 saturated heterocycles. The van der Waals surface area contributed by atoms with Crippen LogP contribution in [-0.2, 0) is 118 Å². The number of Topliss-reactive ketones (excluding diaryl/α,β-unsaturated/α-hetero) is 2. The molecular weight excluding hydrogens is 1210 g/mol. The topological polar surface area (TPSA) is 334 Å². The van der Waals surface area contributed by atoms with Crippen LogP contribution in [0.15, 0.2) is 84.9 Å². The lowest BCUT2D eigenvalue weighted by molar-refractivity contribution is -0.288. The molecule has 4 aromatic rings. The summed E-state index contributed by atoms with van der Waals surface area (Å²) in [7, 11) is 0. The number of carbonyl (C=O) groups is 12. The predicted molar refractivity (Wildman–Crippen MR) is 317 cm³/mol. The summed E-state index contributed by atoms with van der Waals surface area (Å²) in [4.78, 5) is 156. The molecule has 494 valence electrons. The Morgan fingerprint density at radius 3 is 1.10 bits per heavy atom. The summed E-state index contributed by atoms with van der Waals surface area (Å²) in [5, 5.41) is 0. The van der Waals surface area contributed by atoms with E-state index in [1.807, 2.05) is 0 Å². The largest absolute Gasteiger partial charge is 0.466 e. The molecular formula is C66H74O26. The molecule has 0 aromatic heterocycles. The number of ketones is 2. The zero-order chi connectivity index (χ0) is 73.0. The first kappa shape index (κ1) is 60.0. The molecule has 0 amide bonds. The van der Waals surface area contributed by atoms with Crippen molar-refractivity contribution in [1.29, 1.82) is 0 Å². The maximum absolute atomic E-state index is 14.3. The van der Waals surface area contributed by atoms with Crippen LogP contribution < -0.4 is 9.47 Å². The molecule has 0 aliphatic carbocycles. The van der Waals surface area contributed by atoms with E-state index in [2.05, 4.69) is 0 Å². The molecule has 2 heterocycles. The second-order valence-corrected chi connectivity index (χ2v) is 20.3. The summed E-state index contributed by atoms with van der Waals surface area (Å²) in [5.74, 6) is -11.7. The Morgan fingerprint density at radius 2 is 0.750 bits per heavy atom. The number of hydrogen-bond donors (Lipinski definition) is 0. The van der Waals surface area contributed by atoms with Gasteiger partial charge in [0.1, 0.15) is 36.9 Å². The van der Waals surface area contributed by atoms with Gasteiger partial charge in [0.25, 0.3) is 0 Å². The van der Waals surface area contributed by atoms with Crippen molar-refractivity contribution in [3.8, 4) is 33.8 Å². The van der Waals surface area contributed by atoms with Crippen molar-refractivity contribution >= 4 is 71.3 Å². The highest BCUT2D eigenvalue weighted by atomic mass is 16.7. The third kappa shape index (κ3) is 21.0. The van der Waals surface area contributed by atoms with Crippen LogP contribution >= 0.6 is 0 Å². The maximum atomic E-state index is 14.3. The van der Waals surface area contributed by atoms with Crippen molar-refractivity contribution in [2.45, 2.75) is 169 Å². The summed E-state index contributed by atoms with van der Waals surface area (Å²) in [6.07, 6.45) is -18.8. The molecule has 2 aliphatic heterocycles. The Bertz CT molecular complexity index is 3330. The van der Waals surface area contributed by atoms with E-state index in [1.54, 1.807) is 62.4 Å². The quantitative estimate of drug-likeness (QED) is 0.0234. The number of hydrogen-bond acceptors (Lipinski definition) is 26. The fraction of sp³-hybridized carbons (Fsp3) is 0.455. The lowest BCUT2D eigenvalue weighted by Crippen LogP contribution is -2.63. The smallest absolute Gasteiger partial charge is 0.310 e. The number of carbonyl (C=O) groups excluding carboxylic acids is 12. The van der Waals surface area contributed by atoms with Gasteiger partial charge in [-0.05, 0) is 85.3 Å². The van der Waals surface area contributed by atoms with E-state index in [9.17, 15) is 57.5 Å². The number of rotatable bonds is 29. The molecule has 0 N–H and O–H groups in total. The molecule has 0 radical (unpaired) electrons. The Morgan fingerprint density at radius 1 is 0.402 bits per heavy atom. The van der Waals surface area contributed by atoms with Crippen LogP contribution in [-0.4, -0.2) is 159 Å². The summed E-state index contributed by atoms with van der Waals surface area (Å²) < 4.78 is 140. The Balaban J connectivity index is 1.34. The molecule has 92 heavy (non-hydrogen) atoms. The number of benzene rings is 4. The molecule has 10 atom stereocenters. The van der Waals surface area contributed by atoms with E-state index in [1.165, 1.54) is 36.4 Å². The molecule has 0 bridgehead atoms. The maximum Gasteiger partial charge on any atom is 0.310 e. The summed E-state index contributed by atoms with van der Waals surface area (Å²) in [6, 6.07) is 21.1. The Labute approximate surface area is 541 Å². The van der Waals surface area contributed by atoms with Gasteiger partial charge >= 0.3 is 59.7 Å². The van der Waals surface area contributed by atoms with Gasteiger partial charge in [0.05, 0.1) is 26.1 Å². The van der Waals surface area contributed by atoms with Crippen LogP contribution in [0.25, 0.3) is 22.3 Å². The molecule has 0 saturated carbocycles. The van der Waals surface area contributed by atoms with Crippen LogP contribution in [0.3, 0.4) is 0 Å². The number of esters is 10. The van der Waals surface area contributed by atoms with Gasteiger partial charge in [-0.25, -0.2) is 0 Å². The Hall–Kier alpha value is -9.56. The van der Waals surface area contributed by atoms with E-state index >= 15 is 0 Å². The number of unbranched alkanes of at least 4 members (excludes halogenated alkanes) is 1. The summed E-state index contributed by atoms with van der Waals surface area (Å²) in [5.41, 5.74) is 2.00. The van der Waals surface area contributed by atoms with Gasteiger partial charge in [0.2, 0.25) is 24.8 Å². The van der Waals surface area contributed by atoms with Crippen LogP contribution in [0.4, 0.5) is 0 Å². The first-order valence-corrected chi connectivity index (χ1v) is 28.3. The number of ether oxygens (including phenoxy) is 14. The van der Waals surface area contributed by atoms with Crippen molar-refractivity contribution in [3.05, 3.63) is 107 Å². The van der Waals surface area contributed by atoms with Crippen molar-refractivity contribution in [2.24, 2.45) is 0 Å². The van der Waals surface area contributed by atoms with Crippen LogP contribution in [0.5, 0.6) is 11.5 Å². The molecule has 26 nitrogen and oxygen atoms in total. The van der Waals surface area contributed by atoms with Crippen molar-refractivity contribution in [3.63, 3.8) is 0 Å². The average Bonchev–Trinajstić information content (AvgIpc) is 0.782. The van der Waals surface area contributed by atoms with Gasteiger partial charge in [0.15, 0.2) is 36.0 Å². The third-order valence-electron chi connectivity index (χ3n) is 13.5. The molecule has 6 rings (SSSR count). The second-order valence-electron chi connectivity index (χ2n) is 20.3. The minimum Gasteiger partial charge on any atom is -0.466 e. The normalized spacial score (nSPS) is 21.8. The van der Waals surface area contributed by atoms with Crippen molar-refractivity contribution in [1.82, 2.24) is 0 Å². The zero-order valence-electron chi connectivity index (χ0n) is 58.2. The van der Waals surface area contributed by atoms with E-state index in [-0.39, 0.29) is 85.5 Å². The molecule has 2 unspecified atom stereocenters. The lowest BCUT2D eigenvalue weighted by atomic mass is 9.95. The van der Waals surface area contributed by atoms with E-state index in [0.29, 0.717) is 22.3 Å². The third-order valence-corrected chi connectivity index (χ3v) is 13.5. The van der Waals surface area contributed by atoms with E-state index in [0.717, 1.165) is 0 Å². The standard InChI is InChI=1S/C66H74O26/c1-11-79-57(77)29-43-17-15-19-45(27-43)49-31-47(23-25-53(49)89-65-63(87-41(9)73)61(85-39(7)71)59(83-37(5)69)55(91-65)33-81-35(3)67)51(75)21-13-14-22-52(76)48-24-26-54(50(32-48)46-20-16-18-44(28-46)30-58(78)80-12-2)90-66-64(88-42(10)74)62(86-40(8)72)60(84-38(6)70)56(92-66)34-82-36(4)68/h15-20,23-28,31-32,55-56,59-66H,11-14,21-22,29-30,33-34H2,1-10H3/t55-,56-,59-,60-,61+,62+,63+,64+,65?,66?/m1/s1/i3D,4D,5D,6D,7D,8D,9D,10D. The molecule has 2 aliphatic rings. The Kier molecular flexibility index (Phi) is 22.2. The van der Waals surface area contributed by atoms with Gasteiger partial charge in [-0.3, -0.25) is 57.5 Å². The highest BCUT2D eigenvalue weighted by Crippen LogP contribution is 2.39. The zero-order valence-corrected chi connectivity index (χ0v) is 50.2. The van der Waals surface area contributed by atoms with Gasteiger partial charge in [-0.15, -0.1) is 0 Å². The van der Waals surface area contributed by atoms with Crippen molar-refractivity contribution < 1.29 is 135 Å². The first-order valence-electron chi connectivity index (χ1n) is 34.0. The predicted octanol–water partition coefficient (Wildman–Crippen LogP) is 6.78. The van der Waals surface area contributed by atoms with E-state index < -0.39 is 201 Å². The van der Waals surface area contributed by atoms with Gasteiger partial charge in [-0.1, -0.05) is 48.5 Å². The minimum atomic E-state index is -1.92. The van der Waals surface area contributed by atoms with Crippen LogP contribution in [0.2, 0.25) is 0 Å². The average molecular weight is 1290 g/mol. The monoisotopic (exact) mass is 1290 g/mol. The highest BCUT2D eigenvalue weighted by molar-refractivity contribution is 5.99. The first-order chi connectivity index (χ1) is 48.0. The van der Waals surface area contributed by atoms with Gasteiger partial charge in [-0.2, -0.15) is 0 Å². The molecule has 0 spiro atoms. The SMILES string of the molecule is [2H]CC(=O)OC[C@H]1OC(Oc2ccc(C(=O)CCCCC(=O)c3ccc(OC4O[C@H](COC(=O)C[2H])[C@@H](OC(=O)C[2H])[C@H](OC(=O)C[2H])[C@@H]4OC(=O)C[2H])c(-c4cccc(CC(=O)OCC)c4)c3)cc2-c2cccc(CC(=O)OCC)c2)[C@@H](OC(=O)C[2H])[C@@H](OC(=O)C[2H])[C@@H]1OC(=O)C[2H]. The molecule has 4 aromatic carbocycles. The van der Waals surface area contributed by atoms with E-state index in [4.69, 9.17) is 77.3 Å². The summed E-state index contributed by atoms with van der Waals surface area (Å²) in [6.45, 7) is -5.85. The van der Waals surface area contributed by atoms with Crippen LogP contribution in [0.1, 0.15) is 138 Å². The van der Waals surface area contributed by atoms with Gasteiger partial charge in [0, 0.05) is 101 Å². The molecule has 2 fully saturated rings. The minimum absolute atomic E-state index is 0.0818. The van der Waals surface area contributed by atoms with Gasteiger partial charge < -0.3 is 66.3 Å². The fourth-order valence-corrected chi connectivity index (χ4v) is 9.91. The summed E-state index contributed by atoms with van der Waals surface area (Å²) >= 11 is 0. The van der Waals surface area contributed by atoms with Crippen LogP contribution in [0, 0.1) is 0 Å². The lowest BCUT2D eigenvalue weighted by Gasteiger charge is -2.44. The highest BCUT2D eigenvalue weighted by Gasteiger charge is 2.55. The second kappa shape index (κ2) is 34.0.